The normalized spacial score (nSPS) is 11.8. The van der Waals surface area contributed by atoms with Crippen molar-refractivity contribution in [2.75, 3.05) is 13.2 Å². The lowest BCUT2D eigenvalue weighted by atomic mass is 10.00. The molecule has 1 unspecified atom stereocenters. The summed E-state index contributed by atoms with van der Waals surface area (Å²) in [6, 6.07) is 20.9. The number of fused-ring (bicyclic) bond motifs is 2. The molecular formula is C25H24N4O4. The highest BCUT2D eigenvalue weighted by Crippen LogP contribution is 2.24. The molecule has 0 saturated heterocycles. The third-order valence-corrected chi connectivity index (χ3v) is 5.33. The van der Waals surface area contributed by atoms with E-state index in [0.29, 0.717) is 5.39 Å². The van der Waals surface area contributed by atoms with Gasteiger partial charge in [0, 0.05) is 11.9 Å². The lowest BCUT2D eigenvalue weighted by molar-refractivity contribution is -0.148. The topological polar surface area (TPSA) is 113 Å². The van der Waals surface area contributed by atoms with Gasteiger partial charge in [-0.05, 0) is 29.3 Å². The summed E-state index contributed by atoms with van der Waals surface area (Å²) in [5.74, 6) is -1.35. The fourth-order valence-electron chi connectivity index (χ4n) is 3.71. The number of H-pyrrole nitrogens is 1. The predicted molar refractivity (Wildman–Crippen MR) is 125 cm³/mol. The third-order valence-electron chi connectivity index (χ3n) is 5.33. The number of para-hydroxylation sites is 1. The van der Waals surface area contributed by atoms with Crippen LogP contribution in [0.2, 0.25) is 0 Å². The van der Waals surface area contributed by atoms with Crippen LogP contribution >= 0.6 is 0 Å². The molecule has 0 aliphatic carbocycles. The number of nitrogens with zero attached hydrogens (tertiary/aromatic N) is 1. The van der Waals surface area contributed by atoms with Crippen molar-refractivity contribution in [1.29, 1.82) is 0 Å². The van der Waals surface area contributed by atoms with Gasteiger partial charge < -0.3 is 15.4 Å². The first-order chi connectivity index (χ1) is 16.0. The molecule has 0 saturated carbocycles. The summed E-state index contributed by atoms with van der Waals surface area (Å²) in [5.41, 5.74) is 2.01. The van der Waals surface area contributed by atoms with Crippen molar-refractivity contribution in [3.8, 4) is 0 Å². The Bertz CT molecular complexity index is 1310. The largest absolute Gasteiger partial charge is 0.456 e. The number of carbonyl (C=O) groups excluding carboxylic acids is 3. The van der Waals surface area contributed by atoms with E-state index in [1.54, 1.807) is 6.07 Å². The van der Waals surface area contributed by atoms with Crippen LogP contribution in [0.3, 0.4) is 0 Å². The zero-order valence-electron chi connectivity index (χ0n) is 18.1. The molecule has 4 rings (SSSR count). The summed E-state index contributed by atoms with van der Waals surface area (Å²) in [5, 5.41) is 15.2. The molecule has 1 atom stereocenters. The van der Waals surface area contributed by atoms with Crippen molar-refractivity contribution in [3.63, 3.8) is 0 Å². The van der Waals surface area contributed by atoms with Gasteiger partial charge in [0.25, 0.3) is 11.8 Å². The van der Waals surface area contributed by atoms with E-state index >= 15 is 0 Å². The summed E-state index contributed by atoms with van der Waals surface area (Å²) in [7, 11) is 0. The molecule has 0 radical (unpaired) electrons. The molecule has 1 aromatic heterocycles. The van der Waals surface area contributed by atoms with E-state index in [1.807, 2.05) is 67.6 Å². The second kappa shape index (κ2) is 9.95. The Morgan fingerprint density at radius 2 is 1.70 bits per heavy atom. The summed E-state index contributed by atoms with van der Waals surface area (Å²) in [4.78, 5) is 36.5. The molecule has 8 heteroatoms. The fourth-order valence-corrected chi connectivity index (χ4v) is 3.71. The molecule has 2 amide bonds. The van der Waals surface area contributed by atoms with Crippen LogP contribution in [0.5, 0.6) is 0 Å². The minimum atomic E-state index is -0.574. The van der Waals surface area contributed by atoms with E-state index in [4.69, 9.17) is 4.74 Å². The van der Waals surface area contributed by atoms with Crippen LogP contribution < -0.4 is 10.6 Å². The van der Waals surface area contributed by atoms with Gasteiger partial charge in [-0.15, -0.1) is 0 Å². The molecule has 3 aromatic carbocycles. The Balaban J connectivity index is 1.22. The van der Waals surface area contributed by atoms with Crippen LogP contribution in [-0.2, 0) is 14.3 Å². The maximum absolute atomic E-state index is 12.3. The average molecular weight is 444 g/mol. The number of rotatable bonds is 8. The predicted octanol–water partition coefficient (Wildman–Crippen LogP) is 3.26. The standard InChI is InChI=1S/C25H24N4O4/c1-16(18-11-6-8-17-7-2-3-9-19(17)18)27-22(30)15-33-23(31)13-14-26-25(32)24-20-10-4-5-12-21(20)28-29-24/h2-12,16H,13-15H2,1H3,(H,26,32)(H,27,30)(H,28,29). The monoisotopic (exact) mass is 444 g/mol. The summed E-state index contributed by atoms with van der Waals surface area (Å²) in [6.45, 7) is 1.58. The van der Waals surface area contributed by atoms with Gasteiger partial charge in [0.05, 0.1) is 18.0 Å². The lowest BCUT2D eigenvalue weighted by Gasteiger charge is -2.16. The molecule has 33 heavy (non-hydrogen) atoms. The average Bonchev–Trinajstić information content (AvgIpc) is 3.26. The number of aromatic nitrogens is 2. The van der Waals surface area contributed by atoms with E-state index < -0.39 is 11.9 Å². The van der Waals surface area contributed by atoms with Gasteiger partial charge in [-0.2, -0.15) is 5.10 Å². The molecular weight excluding hydrogens is 420 g/mol. The second-order valence-electron chi connectivity index (χ2n) is 7.64. The maximum Gasteiger partial charge on any atom is 0.308 e. The number of nitrogens with one attached hydrogen (secondary N) is 3. The molecule has 1 heterocycles. The number of esters is 1. The molecule has 0 aliphatic heterocycles. The van der Waals surface area contributed by atoms with Gasteiger partial charge in [0.2, 0.25) is 0 Å². The van der Waals surface area contributed by atoms with Gasteiger partial charge >= 0.3 is 5.97 Å². The van der Waals surface area contributed by atoms with Gasteiger partial charge in [-0.3, -0.25) is 19.5 Å². The molecule has 8 nitrogen and oxygen atoms in total. The number of amides is 2. The van der Waals surface area contributed by atoms with Crippen LogP contribution in [0.4, 0.5) is 0 Å². The van der Waals surface area contributed by atoms with Gasteiger partial charge in [-0.25, -0.2) is 0 Å². The fraction of sp³-hybridized carbons (Fsp3) is 0.200. The summed E-state index contributed by atoms with van der Waals surface area (Å²) in [6.07, 6.45) is -0.0553. The quantitative estimate of drug-likeness (QED) is 0.361. The number of benzene rings is 3. The van der Waals surface area contributed by atoms with E-state index in [-0.39, 0.29) is 37.2 Å². The lowest BCUT2D eigenvalue weighted by Crippen LogP contribution is -2.32. The first-order valence-corrected chi connectivity index (χ1v) is 10.7. The Kier molecular flexibility index (Phi) is 6.64. The minimum Gasteiger partial charge on any atom is -0.456 e. The van der Waals surface area contributed by atoms with Crippen LogP contribution in [0.25, 0.3) is 21.7 Å². The van der Waals surface area contributed by atoms with Crippen molar-refractivity contribution < 1.29 is 19.1 Å². The first kappa shape index (κ1) is 22.0. The third kappa shape index (κ3) is 5.17. The molecule has 0 aliphatic rings. The van der Waals surface area contributed by atoms with Crippen molar-refractivity contribution >= 4 is 39.5 Å². The number of carbonyl (C=O) groups is 3. The van der Waals surface area contributed by atoms with Crippen molar-refractivity contribution in [1.82, 2.24) is 20.8 Å². The molecule has 4 aromatic rings. The highest BCUT2D eigenvalue weighted by Gasteiger charge is 2.16. The van der Waals surface area contributed by atoms with Gasteiger partial charge in [-0.1, -0.05) is 60.7 Å². The Labute approximate surface area is 190 Å². The van der Waals surface area contributed by atoms with Crippen LogP contribution in [0.1, 0.15) is 35.4 Å². The number of hydrogen-bond acceptors (Lipinski definition) is 5. The zero-order chi connectivity index (χ0) is 23.2. The number of hydrogen-bond donors (Lipinski definition) is 3. The first-order valence-electron chi connectivity index (χ1n) is 10.7. The highest BCUT2D eigenvalue weighted by molar-refractivity contribution is 6.04. The number of ether oxygens (including phenoxy) is 1. The van der Waals surface area contributed by atoms with E-state index in [2.05, 4.69) is 20.8 Å². The molecule has 168 valence electrons. The van der Waals surface area contributed by atoms with E-state index in [9.17, 15) is 14.4 Å². The van der Waals surface area contributed by atoms with Crippen LogP contribution in [0, 0.1) is 0 Å². The second-order valence-corrected chi connectivity index (χ2v) is 7.64. The maximum atomic E-state index is 12.3. The van der Waals surface area contributed by atoms with Gasteiger partial charge in [0.15, 0.2) is 12.3 Å². The molecule has 0 bridgehead atoms. The molecule has 3 N–H and O–H groups in total. The highest BCUT2D eigenvalue weighted by atomic mass is 16.5. The van der Waals surface area contributed by atoms with E-state index in [0.717, 1.165) is 21.9 Å². The summed E-state index contributed by atoms with van der Waals surface area (Å²) < 4.78 is 5.05. The van der Waals surface area contributed by atoms with Crippen molar-refractivity contribution in [2.45, 2.75) is 19.4 Å². The Morgan fingerprint density at radius 3 is 2.55 bits per heavy atom. The minimum absolute atomic E-state index is 0.0553. The smallest absolute Gasteiger partial charge is 0.308 e. The number of aromatic amines is 1. The summed E-state index contributed by atoms with van der Waals surface area (Å²) >= 11 is 0. The van der Waals surface area contributed by atoms with Crippen molar-refractivity contribution in [2.24, 2.45) is 0 Å². The molecule has 0 fully saturated rings. The Morgan fingerprint density at radius 1 is 0.970 bits per heavy atom. The molecule has 0 spiro atoms. The van der Waals surface area contributed by atoms with Crippen LogP contribution in [-0.4, -0.2) is 41.1 Å². The Hall–Kier alpha value is -4.20. The van der Waals surface area contributed by atoms with Crippen LogP contribution in [0.15, 0.2) is 66.7 Å². The SMILES string of the molecule is CC(NC(=O)COC(=O)CCNC(=O)c1n[nH]c2ccccc12)c1cccc2ccccc12. The van der Waals surface area contributed by atoms with E-state index in [1.165, 1.54) is 0 Å². The van der Waals surface area contributed by atoms with Gasteiger partial charge in [0.1, 0.15) is 0 Å². The van der Waals surface area contributed by atoms with Crippen molar-refractivity contribution in [3.05, 3.63) is 78.0 Å². The zero-order valence-corrected chi connectivity index (χ0v) is 18.1.